The lowest BCUT2D eigenvalue weighted by molar-refractivity contribution is 0.0388. The van der Waals surface area contributed by atoms with Gasteiger partial charge in [-0.3, -0.25) is 4.79 Å². The van der Waals surface area contributed by atoms with Crippen LogP contribution in [0.1, 0.15) is 28.8 Å². The molecule has 1 heterocycles. The fraction of sp³-hybridized carbons (Fsp3) is 0.533. The standard InChI is InChI=1S/C15H21BrN2O2/c1-10-13(6-12(16)7-14(10)17)15(19)18(2)8-11-4-3-5-20-9-11/h6-7,11H,3-5,8-9,17H2,1-2H3. The maximum absolute atomic E-state index is 12.6. The fourth-order valence-corrected chi connectivity index (χ4v) is 3.03. The van der Waals surface area contributed by atoms with E-state index in [0.717, 1.165) is 42.6 Å². The highest BCUT2D eigenvalue weighted by Gasteiger charge is 2.21. The molecule has 0 bridgehead atoms. The van der Waals surface area contributed by atoms with Crippen LogP contribution >= 0.6 is 15.9 Å². The van der Waals surface area contributed by atoms with Crippen LogP contribution in [0.4, 0.5) is 5.69 Å². The van der Waals surface area contributed by atoms with Gasteiger partial charge in [0, 0.05) is 35.9 Å². The summed E-state index contributed by atoms with van der Waals surface area (Å²) in [7, 11) is 1.84. The van der Waals surface area contributed by atoms with Crippen molar-refractivity contribution in [2.45, 2.75) is 19.8 Å². The number of nitrogens with zero attached hydrogens (tertiary/aromatic N) is 1. The van der Waals surface area contributed by atoms with E-state index in [1.54, 1.807) is 4.90 Å². The van der Waals surface area contributed by atoms with E-state index >= 15 is 0 Å². The summed E-state index contributed by atoms with van der Waals surface area (Å²) in [5.74, 6) is 0.448. The summed E-state index contributed by atoms with van der Waals surface area (Å²) in [5.41, 5.74) is 8.06. The van der Waals surface area contributed by atoms with E-state index in [2.05, 4.69) is 15.9 Å². The zero-order valence-electron chi connectivity index (χ0n) is 12.0. The van der Waals surface area contributed by atoms with Gasteiger partial charge in [0.25, 0.3) is 5.91 Å². The Kier molecular flexibility index (Phi) is 5.05. The molecule has 0 aliphatic carbocycles. The first-order valence-corrected chi connectivity index (χ1v) is 7.67. The molecule has 2 N–H and O–H groups in total. The zero-order chi connectivity index (χ0) is 14.7. The van der Waals surface area contributed by atoms with E-state index in [9.17, 15) is 4.79 Å². The Bertz CT molecular complexity index is 499. The van der Waals surface area contributed by atoms with Gasteiger partial charge in [0.05, 0.1) is 6.61 Å². The van der Waals surface area contributed by atoms with Crippen LogP contribution in [0.5, 0.6) is 0 Å². The predicted octanol–water partition coefficient (Wildman–Crippen LogP) is 2.84. The Morgan fingerprint density at radius 3 is 2.95 bits per heavy atom. The smallest absolute Gasteiger partial charge is 0.253 e. The van der Waals surface area contributed by atoms with Gasteiger partial charge in [-0.05, 0) is 43.4 Å². The van der Waals surface area contributed by atoms with Gasteiger partial charge in [0.2, 0.25) is 0 Å². The average molecular weight is 341 g/mol. The normalized spacial score (nSPS) is 18.9. The van der Waals surface area contributed by atoms with E-state index in [1.165, 1.54) is 0 Å². The second-order valence-corrected chi connectivity index (χ2v) is 6.35. The van der Waals surface area contributed by atoms with Crippen molar-refractivity contribution in [3.05, 3.63) is 27.7 Å². The minimum Gasteiger partial charge on any atom is -0.398 e. The molecule has 1 amide bonds. The molecule has 5 heteroatoms. The number of amides is 1. The van der Waals surface area contributed by atoms with Crippen molar-refractivity contribution in [1.82, 2.24) is 4.90 Å². The molecule has 1 aromatic carbocycles. The third-order valence-corrected chi connectivity index (χ3v) is 4.23. The molecule has 0 spiro atoms. The van der Waals surface area contributed by atoms with E-state index in [0.29, 0.717) is 17.2 Å². The van der Waals surface area contributed by atoms with Crippen molar-refractivity contribution in [1.29, 1.82) is 0 Å². The molecule has 110 valence electrons. The highest BCUT2D eigenvalue weighted by Crippen LogP contribution is 2.24. The lowest BCUT2D eigenvalue weighted by Gasteiger charge is -2.27. The first-order chi connectivity index (χ1) is 9.49. The van der Waals surface area contributed by atoms with Gasteiger partial charge < -0.3 is 15.4 Å². The molecule has 1 aliphatic heterocycles. The second kappa shape index (κ2) is 6.59. The van der Waals surface area contributed by atoms with Crippen molar-refractivity contribution >= 4 is 27.5 Å². The third-order valence-electron chi connectivity index (χ3n) is 3.78. The summed E-state index contributed by atoms with van der Waals surface area (Å²) in [6, 6.07) is 3.66. The van der Waals surface area contributed by atoms with Gasteiger partial charge in [0.15, 0.2) is 0 Å². The number of carbonyl (C=O) groups is 1. The molecule has 20 heavy (non-hydrogen) atoms. The molecular formula is C15H21BrN2O2. The topological polar surface area (TPSA) is 55.6 Å². The van der Waals surface area contributed by atoms with Gasteiger partial charge in [-0.25, -0.2) is 0 Å². The molecule has 1 atom stereocenters. The number of benzene rings is 1. The molecule has 1 unspecified atom stereocenters. The summed E-state index contributed by atoms with van der Waals surface area (Å²) in [5, 5.41) is 0. The van der Waals surface area contributed by atoms with Gasteiger partial charge in [-0.1, -0.05) is 15.9 Å². The highest BCUT2D eigenvalue weighted by atomic mass is 79.9. The van der Waals surface area contributed by atoms with Crippen LogP contribution in [0, 0.1) is 12.8 Å². The number of hydrogen-bond donors (Lipinski definition) is 1. The second-order valence-electron chi connectivity index (χ2n) is 5.44. The Balaban J connectivity index is 2.10. The first kappa shape index (κ1) is 15.3. The Morgan fingerprint density at radius 2 is 2.30 bits per heavy atom. The summed E-state index contributed by atoms with van der Waals surface area (Å²) in [4.78, 5) is 14.3. The minimum absolute atomic E-state index is 0.0149. The third kappa shape index (κ3) is 3.52. The van der Waals surface area contributed by atoms with E-state index < -0.39 is 0 Å². The number of nitrogen functional groups attached to an aromatic ring is 1. The fourth-order valence-electron chi connectivity index (χ4n) is 2.55. The van der Waals surface area contributed by atoms with E-state index in [4.69, 9.17) is 10.5 Å². The van der Waals surface area contributed by atoms with Crippen molar-refractivity contribution in [2.24, 2.45) is 5.92 Å². The van der Waals surface area contributed by atoms with Gasteiger partial charge in [-0.2, -0.15) is 0 Å². The number of anilines is 1. The zero-order valence-corrected chi connectivity index (χ0v) is 13.6. The molecule has 0 aromatic heterocycles. The molecule has 2 rings (SSSR count). The molecule has 4 nitrogen and oxygen atoms in total. The molecule has 1 aliphatic rings. The SMILES string of the molecule is Cc1c(N)cc(Br)cc1C(=O)N(C)CC1CCCOC1. The summed E-state index contributed by atoms with van der Waals surface area (Å²) in [6.45, 7) is 4.20. The lowest BCUT2D eigenvalue weighted by Crippen LogP contribution is -2.35. The largest absolute Gasteiger partial charge is 0.398 e. The first-order valence-electron chi connectivity index (χ1n) is 6.88. The Labute approximate surface area is 128 Å². The Morgan fingerprint density at radius 1 is 1.55 bits per heavy atom. The van der Waals surface area contributed by atoms with Crippen LogP contribution in [0.25, 0.3) is 0 Å². The molecule has 1 aromatic rings. The summed E-state index contributed by atoms with van der Waals surface area (Å²) in [6.07, 6.45) is 2.20. The van der Waals surface area contributed by atoms with Crippen LogP contribution in [0.15, 0.2) is 16.6 Å². The van der Waals surface area contributed by atoms with Crippen LogP contribution in [-0.2, 0) is 4.74 Å². The van der Waals surface area contributed by atoms with Gasteiger partial charge in [0.1, 0.15) is 0 Å². The van der Waals surface area contributed by atoms with Gasteiger partial charge >= 0.3 is 0 Å². The Hall–Kier alpha value is -1.07. The molecule has 0 radical (unpaired) electrons. The maximum atomic E-state index is 12.6. The van der Waals surface area contributed by atoms with Gasteiger partial charge in [-0.15, -0.1) is 0 Å². The van der Waals surface area contributed by atoms with Crippen LogP contribution < -0.4 is 5.73 Å². The average Bonchev–Trinajstić information content (AvgIpc) is 2.43. The van der Waals surface area contributed by atoms with Crippen molar-refractivity contribution in [2.75, 3.05) is 32.5 Å². The number of ether oxygens (including phenoxy) is 1. The number of carbonyl (C=O) groups excluding carboxylic acids is 1. The van der Waals surface area contributed by atoms with Crippen LogP contribution in [-0.4, -0.2) is 37.6 Å². The highest BCUT2D eigenvalue weighted by molar-refractivity contribution is 9.10. The van der Waals surface area contributed by atoms with E-state index in [1.807, 2.05) is 26.1 Å². The number of rotatable bonds is 3. The molecule has 0 saturated carbocycles. The quantitative estimate of drug-likeness (QED) is 0.860. The molecule has 1 saturated heterocycles. The maximum Gasteiger partial charge on any atom is 0.253 e. The van der Waals surface area contributed by atoms with Crippen molar-refractivity contribution in [3.63, 3.8) is 0 Å². The van der Waals surface area contributed by atoms with E-state index in [-0.39, 0.29) is 5.91 Å². The number of nitrogens with two attached hydrogens (primary N) is 1. The van der Waals surface area contributed by atoms with Crippen LogP contribution in [0.3, 0.4) is 0 Å². The number of hydrogen-bond acceptors (Lipinski definition) is 3. The molecular weight excluding hydrogens is 320 g/mol. The predicted molar refractivity (Wildman–Crippen MR) is 83.8 cm³/mol. The van der Waals surface area contributed by atoms with Crippen molar-refractivity contribution in [3.8, 4) is 0 Å². The van der Waals surface area contributed by atoms with Crippen molar-refractivity contribution < 1.29 is 9.53 Å². The number of halogens is 1. The summed E-state index contributed by atoms with van der Waals surface area (Å²) >= 11 is 3.39. The molecule has 1 fully saturated rings. The summed E-state index contributed by atoms with van der Waals surface area (Å²) < 4.78 is 6.30. The van der Waals surface area contributed by atoms with Crippen LogP contribution in [0.2, 0.25) is 0 Å². The lowest BCUT2D eigenvalue weighted by atomic mass is 10.0. The monoisotopic (exact) mass is 340 g/mol. The minimum atomic E-state index is 0.0149.